The van der Waals surface area contributed by atoms with Gasteiger partial charge in [0.2, 0.25) is 5.91 Å². The lowest BCUT2D eigenvalue weighted by Crippen LogP contribution is -2.47. The van der Waals surface area contributed by atoms with Gasteiger partial charge in [0.25, 0.3) is 0 Å². The van der Waals surface area contributed by atoms with Gasteiger partial charge in [0, 0.05) is 11.8 Å². The van der Waals surface area contributed by atoms with Crippen LogP contribution in [0.15, 0.2) is 24.3 Å². The molecule has 1 fully saturated rings. The summed E-state index contributed by atoms with van der Waals surface area (Å²) in [6, 6.07) is 7.44. The third kappa shape index (κ3) is 2.42. The van der Waals surface area contributed by atoms with Gasteiger partial charge in [0.1, 0.15) is 6.04 Å². The fourth-order valence-electron chi connectivity index (χ4n) is 2.94. The molecule has 108 valence electrons. The number of carbonyl (C=O) groups is 2. The van der Waals surface area contributed by atoms with Crippen molar-refractivity contribution in [2.24, 2.45) is 0 Å². The number of amides is 1. The molecule has 1 aromatic carbocycles. The summed E-state index contributed by atoms with van der Waals surface area (Å²) in [7, 11) is 0. The van der Waals surface area contributed by atoms with Crippen molar-refractivity contribution < 1.29 is 14.3 Å². The highest BCUT2D eigenvalue weighted by Crippen LogP contribution is 2.39. The molecule has 0 aliphatic carbocycles. The Balaban J connectivity index is 2.42. The van der Waals surface area contributed by atoms with Crippen molar-refractivity contribution in [3.63, 3.8) is 0 Å². The van der Waals surface area contributed by atoms with Crippen molar-refractivity contribution >= 4 is 11.9 Å². The van der Waals surface area contributed by atoms with Gasteiger partial charge in [-0.1, -0.05) is 36.8 Å². The molecule has 1 aliphatic heterocycles. The van der Waals surface area contributed by atoms with Crippen molar-refractivity contribution in [1.82, 2.24) is 5.32 Å². The van der Waals surface area contributed by atoms with Gasteiger partial charge in [-0.2, -0.15) is 0 Å². The predicted molar refractivity (Wildman–Crippen MR) is 76.3 cm³/mol. The summed E-state index contributed by atoms with van der Waals surface area (Å²) in [4.78, 5) is 24.0. The van der Waals surface area contributed by atoms with Crippen molar-refractivity contribution in [3.8, 4) is 0 Å². The molecule has 4 heteroatoms. The van der Waals surface area contributed by atoms with Gasteiger partial charge in [0.05, 0.1) is 6.61 Å². The number of benzene rings is 1. The number of rotatable bonds is 4. The van der Waals surface area contributed by atoms with E-state index in [1.54, 1.807) is 6.92 Å². The number of aryl methyl sites for hydroxylation is 1. The maximum absolute atomic E-state index is 12.2. The third-order valence-corrected chi connectivity index (χ3v) is 4.11. The molecule has 1 amide bonds. The zero-order chi connectivity index (χ0) is 14.8. The molecule has 1 aromatic rings. The van der Waals surface area contributed by atoms with Gasteiger partial charge >= 0.3 is 5.97 Å². The minimum absolute atomic E-state index is 0.0921. The lowest BCUT2D eigenvalue weighted by atomic mass is 9.72. The van der Waals surface area contributed by atoms with Crippen LogP contribution in [0.4, 0.5) is 0 Å². The summed E-state index contributed by atoms with van der Waals surface area (Å²) in [5, 5.41) is 2.78. The normalized spacial score (nSPS) is 25.4. The maximum atomic E-state index is 12.2. The monoisotopic (exact) mass is 275 g/mol. The van der Waals surface area contributed by atoms with Gasteiger partial charge in [0.15, 0.2) is 0 Å². The van der Waals surface area contributed by atoms with E-state index >= 15 is 0 Å². The fourth-order valence-corrected chi connectivity index (χ4v) is 2.94. The zero-order valence-electron chi connectivity index (χ0n) is 12.2. The quantitative estimate of drug-likeness (QED) is 0.856. The highest BCUT2D eigenvalue weighted by atomic mass is 16.5. The molecular formula is C16H21NO3. The van der Waals surface area contributed by atoms with Crippen LogP contribution < -0.4 is 5.32 Å². The van der Waals surface area contributed by atoms with E-state index in [9.17, 15) is 9.59 Å². The Labute approximate surface area is 119 Å². The van der Waals surface area contributed by atoms with Crippen LogP contribution in [0.1, 0.15) is 37.8 Å². The predicted octanol–water partition coefficient (Wildman–Crippen LogP) is 2.09. The van der Waals surface area contributed by atoms with Crippen LogP contribution >= 0.6 is 0 Å². The van der Waals surface area contributed by atoms with E-state index in [4.69, 9.17) is 4.74 Å². The highest BCUT2D eigenvalue weighted by Gasteiger charge is 2.51. The summed E-state index contributed by atoms with van der Waals surface area (Å²) in [6.45, 7) is 6.11. The van der Waals surface area contributed by atoms with E-state index in [2.05, 4.69) is 5.32 Å². The molecule has 0 saturated carbocycles. The van der Waals surface area contributed by atoms with Crippen LogP contribution in [-0.4, -0.2) is 24.5 Å². The smallest absolute Gasteiger partial charge is 0.329 e. The molecular weight excluding hydrogens is 254 g/mol. The Morgan fingerprint density at radius 1 is 1.35 bits per heavy atom. The standard InChI is InChI=1S/C16H21NO3/c1-4-16(12-8-6-11(3)7-9-12)10-13(18)17-14(16)15(19)20-5-2/h6-9,14H,4-5,10H2,1-3H3,(H,17,18). The molecule has 4 nitrogen and oxygen atoms in total. The minimum atomic E-state index is -0.595. The topological polar surface area (TPSA) is 55.4 Å². The molecule has 0 radical (unpaired) electrons. The number of carbonyl (C=O) groups excluding carboxylic acids is 2. The number of ether oxygens (including phenoxy) is 1. The van der Waals surface area contributed by atoms with Crippen molar-refractivity contribution in [3.05, 3.63) is 35.4 Å². The molecule has 0 bridgehead atoms. The summed E-state index contributed by atoms with van der Waals surface area (Å²) < 4.78 is 5.12. The first kappa shape index (κ1) is 14.6. The second-order valence-electron chi connectivity index (χ2n) is 5.31. The van der Waals surface area contributed by atoms with E-state index in [1.165, 1.54) is 0 Å². The second-order valence-corrected chi connectivity index (χ2v) is 5.31. The van der Waals surface area contributed by atoms with Crippen LogP contribution in [0.5, 0.6) is 0 Å². The Hall–Kier alpha value is -1.84. The van der Waals surface area contributed by atoms with E-state index in [0.29, 0.717) is 19.4 Å². The Morgan fingerprint density at radius 2 is 2.00 bits per heavy atom. The highest BCUT2D eigenvalue weighted by molar-refractivity contribution is 5.91. The molecule has 1 saturated heterocycles. The summed E-state index contributed by atoms with van der Waals surface area (Å²) in [5.74, 6) is -0.439. The first-order valence-corrected chi connectivity index (χ1v) is 7.06. The van der Waals surface area contributed by atoms with E-state index in [1.807, 2.05) is 38.1 Å². The SMILES string of the molecule is CCOC(=O)C1NC(=O)CC1(CC)c1ccc(C)cc1. The number of hydrogen-bond acceptors (Lipinski definition) is 3. The Morgan fingerprint density at radius 3 is 2.55 bits per heavy atom. The van der Waals surface area contributed by atoms with Crippen molar-refractivity contribution in [2.75, 3.05) is 6.61 Å². The number of nitrogens with one attached hydrogen (secondary N) is 1. The van der Waals surface area contributed by atoms with Crippen molar-refractivity contribution in [1.29, 1.82) is 0 Å². The number of esters is 1. The average Bonchev–Trinajstić information content (AvgIpc) is 2.78. The van der Waals surface area contributed by atoms with Crippen LogP contribution in [0.25, 0.3) is 0 Å². The van der Waals surface area contributed by atoms with Crippen LogP contribution in [0.2, 0.25) is 0 Å². The van der Waals surface area contributed by atoms with E-state index < -0.39 is 11.5 Å². The molecule has 1 N–H and O–H groups in total. The minimum Gasteiger partial charge on any atom is -0.464 e. The molecule has 1 aliphatic rings. The molecule has 2 rings (SSSR count). The number of hydrogen-bond donors (Lipinski definition) is 1. The van der Waals surface area contributed by atoms with Crippen LogP contribution in [0.3, 0.4) is 0 Å². The zero-order valence-corrected chi connectivity index (χ0v) is 12.2. The van der Waals surface area contributed by atoms with Gasteiger partial charge < -0.3 is 10.1 Å². The fraction of sp³-hybridized carbons (Fsp3) is 0.500. The third-order valence-electron chi connectivity index (χ3n) is 4.11. The Kier molecular flexibility index (Phi) is 4.12. The molecule has 2 unspecified atom stereocenters. The molecule has 0 spiro atoms. The summed E-state index contributed by atoms with van der Waals surface area (Å²) in [6.07, 6.45) is 1.04. The van der Waals surface area contributed by atoms with Gasteiger partial charge in [-0.15, -0.1) is 0 Å². The largest absolute Gasteiger partial charge is 0.464 e. The molecule has 20 heavy (non-hydrogen) atoms. The Bertz CT molecular complexity index is 509. The first-order valence-electron chi connectivity index (χ1n) is 7.06. The summed E-state index contributed by atoms with van der Waals surface area (Å²) >= 11 is 0. The molecule has 0 aromatic heterocycles. The second kappa shape index (κ2) is 5.65. The van der Waals surface area contributed by atoms with E-state index in [0.717, 1.165) is 11.1 Å². The van der Waals surface area contributed by atoms with Gasteiger partial charge in [-0.3, -0.25) is 4.79 Å². The van der Waals surface area contributed by atoms with Crippen LogP contribution in [0, 0.1) is 6.92 Å². The van der Waals surface area contributed by atoms with E-state index in [-0.39, 0.29) is 11.9 Å². The maximum Gasteiger partial charge on any atom is 0.329 e. The lowest BCUT2D eigenvalue weighted by Gasteiger charge is -2.32. The van der Waals surface area contributed by atoms with Gasteiger partial charge in [-0.25, -0.2) is 4.79 Å². The first-order chi connectivity index (χ1) is 9.53. The van der Waals surface area contributed by atoms with Gasteiger partial charge in [-0.05, 0) is 25.8 Å². The lowest BCUT2D eigenvalue weighted by molar-refractivity contribution is -0.147. The average molecular weight is 275 g/mol. The molecule has 2 atom stereocenters. The van der Waals surface area contributed by atoms with Crippen LogP contribution in [-0.2, 0) is 19.7 Å². The molecule has 1 heterocycles. The summed E-state index contributed by atoms with van der Waals surface area (Å²) in [5.41, 5.74) is 1.67. The van der Waals surface area contributed by atoms with Crippen molar-refractivity contribution in [2.45, 2.75) is 45.1 Å².